The van der Waals surface area contributed by atoms with E-state index in [4.69, 9.17) is 4.74 Å². The van der Waals surface area contributed by atoms with E-state index in [0.29, 0.717) is 6.04 Å². The Morgan fingerprint density at radius 1 is 1.37 bits per heavy atom. The molecule has 3 nitrogen and oxygen atoms in total. The topological polar surface area (TPSA) is 33.3 Å². The van der Waals surface area contributed by atoms with E-state index in [-0.39, 0.29) is 0 Å². The number of hydrogen-bond acceptors (Lipinski definition) is 3. The van der Waals surface area contributed by atoms with Crippen molar-refractivity contribution in [3.8, 4) is 5.75 Å². The van der Waals surface area contributed by atoms with E-state index in [1.165, 1.54) is 42.5 Å². The summed E-state index contributed by atoms with van der Waals surface area (Å²) in [5.74, 6) is 1.00. The van der Waals surface area contributed by atoms with Gasteiger partial charge in [-0.1, -0.05) is 6.07 Å². The van der Waals surface area contributed by atoms with Crippen LogP contribution >= 0.6 is 0 Å². The molecule has 1 aromatic carbocycles. The molecule has 2 N–H and O–H groups in total. The van der Waals surface area contributed by atoms with Gasteiger partial charge in [0, 0.05) is 18.2 Å². The second kappa shape index (κ2) is 6.92. The molecule has 1 unspecified atom stereocenters. The molecule has 1 atom stereocenters. The van der Waals surface area contributed by atoms with Crippen LogP contribution in [-0.2, 0) is 6.54 Å². The Balaban J connectivity index is 1.84. The molecule has 106 valence electrons. The summed E-state index contributed by atoms with van der Waals surface area (Å²) < 4.78 is 5.49. The van der Waals surface area contributed by atoms with Crippen molar-refractivity contribution in [1.82, 2.24) is 10.6 Å². The van der Waals surface area contributed by atoms with Gasteiger partial charge in [0.15, 0.2) is 0 Å². The first-order valence-corrected chi connectivity index (χ1v) is 7.29. The predicted molar refractivity (Wildman–Crippen MR) is 79.8 cm³/mol. The van der Waals surface area contributed by atoms with E-state index in [0.717, 1.165) is 18.8 Å². The van der Waals surface area contributed by atoms with Crippen LogP contribution in [-0.4, -0.2) is 26.2 Å². The van der Waals surface area contributed by atoms with Gasteiger partial charge in [0.25, 0.3) is 0 Å². The number of nitrogens with one attached hydrogen (secondary N) is 2. The molecular formula is C16H26N2O. The number of rotatable bonds is 6. The van der Waals surface area contributed by atoms with Crippen LogP contribution in [0.1, 0.15) is 36.0 Å². The minimum Gasteiger partial charge on any atom is -0.496 e. The second-order valence-corrected chi connectivity index (χ2v) is 5.52. The Morgan fingerprint density at radius 2 is 2.21 bits per heavy atom. The van der Waals surface area contributed by atoms with Gasteiger partial charge in [-0.2, -0.15) is 0 Å². The van der Waals surface area contributed by atoms with Crippen molar-refractivity contribution in [2.24, 2.45) is 0 Å². The number of methoxy groups -OCH3 is 1. The van der Waals surface area contributed by atoms with Crippen LogP contribution in [0.2, 0.25) is 0 Å². The van der Waals surface area contributed by atoms with Gasteiger partial charge in [-0.3, -0.25) is 0 Å². The van der Waals surface area contributed by atoms with Gasteiger partial charge in [0.1, 0.15) is 5.75 Å². The summed E-state index contributed by atoms with van der Waals surface area (Å²) in [6.45, 7) is 7.41. The molecule has 0 saturated carbocycles. The van der Waals surface area contributed by atoms with Crippen molar-refractivity contribution in [3.63, 3.8) is 0 Å². The molecular weight excluding hydrogens is 236 g/mol. The monoisotopic (exact) mass is 262 g/mol. The van der Waals surface area contributed by atoms with Gasteiger partial charge in [0.2, 0.25) is 0 Å². The highest BCUT2D eigenvalue weighted by Crippen LogP contribution is 2.23. The first-order valence-electron chi connectivity index (χ1n) is 7.29. The number of benzene rings is 1. The average Bonchev–Trinajstić information content (AvgIpc) is 2.89. The molecule has 0 radical (unpaired) electrons. The maximum absolute atomic E-state index is 5.49. The quantitative estimate of drug-likeness (QED) is 0.773. The van der Waals surface area contributed by atoms with Crippen LogP contribution in [0.3, 0.4) is 0 Å². The molecule has 0 amide bonds. The molecule has 19 heavy (non-hydrogen) atoms. The van der Waals surface area contributed by atoms with Crippen molar-refractivity contribution >= 4 is 0 Å². The number of ether oxygens (including phenoxy) is 1. The maximum atomic E-state index is 5.49. The van der Waals surface area contributed by atoms with Crippen molar-refractivity contribution < 1.29 is 4.74 Å². The van der Waals surface area contributed by atoms with Crippen molar-refractivity contribution in [3.05, 3.63) is 28.8 Å². The molecule has 1 aliphatic rings. The average molecular weight is 262 g/mol. The molecule has 1 aliphatic heterocycles. The third-order valence-corrected chi connectivity index (χ3v) is 3.93. The van der Waals surface area contributed by atoms with Crippen molar-refractivity contribution in [2.45, 2.75) is 45.7 Å². The zero-order valence-electron chi connectivity index (χ0n) is 12.4. The lowest BCUT2D eigenvalue weighted by atomic mass is 10.0. The molecule has 3 heteroatoms. The summed E-state index contributed by atoms with van der Waals surface area (Å²) >= 11 is 0. The number of hydrogen-bond donors (Lipinski definition) is 2. The standard InChI is InChI=1S/C16H26N2O/c1-12-9-13(2)15(16(10-12)19-3)11-17-8-6-14-5-4-7-18-14/h9-10,14,17-18H,4-8,11H2,1-3H3. The van der Waals surface area contributed by atoms with E-state index in [9.17, 15) is 0 Å². The highest BCUT2D eigenvalue weighted by Gasteiger charge is 2.13. The normalized spacial score (nSPS) is 18.8. The molecule has 1 fully saturated rings. The van der Waals surface area contributed by atoms with Crippen LogP contribution in [0.25, 0.3) is 0 Å². The first kappa shape index (κ1) is 14.4. The molecule has 0 aromatic heterocycles. The summed E-state index contributed by atoms with van der Waals surface area (Å²) in [7, 11) is 1.75. The molecule has 1 saturated heterocycles. The highest BCUT2D eigenvalue weighted by molar-refractivity contribution is 5.42. The Kier molecular flexibility index (Phi) is 5.23. The fourth-order valence-electron chi connectivity index (χ4n) is 2.86. The van der Waals surface area contributed by atoms with Gasteiger partial charge in [-0.15, -0.1) is 0 Å². The maximum Gasteiger partial charge on any atom is 0.123 e. The summed E-state index contributed by atoms with van der Waals surface area (Å²) in [6, 6.07) is 5.05. The summed E-state index contributed by atoms with van der Waals surface area (Å²) in [5.41, 5.74) is 3.85. The summed E-state index contributed by atoms with van der Waals surface area (Å²) in [6.07, 6.45) is 3.87. The Morgan fingerprint density at radius 3 is 2.89 bits per heavy atom. The van der Waals surface area contributed by atoms with Crippen LogP contribution in [0.5, 0.6) is 5.75 Å². The lowest BCUT2D eigenvalue weighted by Gasteiger charge is -2.15. The fourth-order valence-corrected chi connectivity index (χ4v) is 2.86. The third-order valence-electron chi connectivity index (χ3n) is 3.93. The fraction of sp³-hybridized carbons (Fsp3) is 0.625. The van der Waals surface area contributed by atoms with E-state index in [2.05, 4.69) is 36.6 Å². The van der Waals surface area contributed by atoms with E-state index < -0.39 is 0 Å². The minimum atomic E-state index is 0.716. The van der Waals surface area contributed by atoms with Gasteiger partial charge in [-0.25, -0.2) is 0 Å². The lowest BCUT2D eigenvalue weighted by Crippen LogP contribution is -2.27. The Hall–Kier alpha value is -1.06. The molecule has 2 rings (SSSR count). The third kappa shape index (κ3) is 3.95. The van der Waals surface area contributed by atoms with Crippen molar-refractivity contribution in [2.75, 3.05) is 20.2 Å². The molecule has 0 bridgehead atoms. The van der Waals surface area contributed by atoms with E-state index >= 15 is 0 Å². The Bertz CT molecular complexity index is 411. The SMILES string of the molecule is COc1cc(C)cc(C)c1CNCCC1CCCN1. The molecule has 0 aliphatic carbocycles. The molecule has 1 heterocycles. The summed E-state index contributed by atoms with van der Waals surface area (Å²) in [4.78, 5) is 0. The van der Waals surface area contributed by atoms with Crippen LogP contribution in [0, 0.1) is 13.8 Å². The zero-order chi connectivity index (χ0) is 13.7. The van der Waals surface area contributed by atoms with Gasteiger partial charge in [0.05, 0.1) is 7.11 Å². The summed E-state index contributed by atoms with van der Waals surface area (Å²) in [5, 5.41) is 7.08. The largest absolute Gasteiger partial charge is 0.496 e. The van der Waals surface area contributed by atoms with E-state index in [1.807, 2.05) is 0 Å². The van der Waals surface area contributed by atoms with Gasteiger partial charge in [-0.05, 0) is 63.4 Å². The van der Waals surface area contributed by atoms with E-state index in [1.54, 1.807) is 7.11 Å². The molecule has 0 spiro atoms. The zero-order valence-corrected chi connectivity index (χ0v) is 12.4. The Labute approximate surface area is 116 Å². The van der Waals surface area contributed by atoms with Gasteiger partial charge >= 0.3 is 0 Å². The minimum absolute atomic E-state index is 0.716. The molecule has 1 aromatic rings. The van der Waals surface area contributed by atoms with Gasteiger partial charge < -0.3 is 15.4 Å². The smallest absolute Gasteiger partial charge is 0.123 e. The van der Waals surface area contributed by atoms with Crippen LogP contribution in [0.15, 0.2) is 12.1 Å². The highest BCUT2D eigenvalue weighted by atomic mass is 16.5. The van der Waals surface area contributed by atoms with Crippen LogP contribution in [0.4, 0.5) is 0 Å². The lowest BCUT2D eigenvalue weighted by molar-refractivity contribution is 0.406. The number of aryl methyl sites for hydroxylation is 2. The van der Waals surface area contributed by atoms with Crippen LogP contribution < -0.4 is 15.4 Å². The second-order valence-electron chi connectivity index (χ2n) is 5.52. The predicted octanol–water partition coefficient (Wildman–Crippen LogP) is 2.54. The van der Waals surface area contributed by atoms with Crippen molar-refractivity contribution in [1.29, 1.82) is 0 Å². The first-order chi connectivity index (χ1) is 9.20.